The molecule has 2 fully saturated rings. The molecule has 1 atom stereocenters. The first-order chi connectivity index (χ1) is 9.27. The second-order valence-corrected chi connectivity index (χ2v) is 5.77. The average Bonchev–Trinajstić information content (AvgIpc) is 3.09. The van der Waals surface area contributed by atoms with Gasteiger partial charge in [0.05, 0.1) is 5.56 Å². The standard InChI is InChI=1S/C16H21NO2/c18-15-10-4-3-8-13(15)16(19)17-11-5-9-14(17)12-6-1-2-7-12/h3-4,8,10,12,14,18H,1-2,5-7,9,11H2. The van der Waals surface area contributed by atoms with Gasteiger partial charge in [-0.3, -0.25) is 4.79 Å². The Labute approximate surface area is 114 Å². The van der Waals surface area contributed by atoms with E-state index < -0.39 is 0 Å². The second kappa shape index (κ2) is 5.24. The number of hydrogen-bond acceptors (Lipinski definition) is 2. The molecular formula is C16H21NO2. The van der Waals surface area contributed by atoms with Crippen LogP contribution in [0.2, 0.25) is 0 Å². The number of hydrogen-bond donors (Lipinski definition) is 1. The van der Waals surface area contributed by atoms with E-state index in [1.807, 2.05) is 11.0 Å². The highest BCUT2D eigenvalue weighted by Crippen LogP contribution is 2.36. The van der Waals surface area contributed by atoms with E-state index in [-0.39, 0.29) is 11.7 Å². The van der Waals surface area contributed by atoms with Crippen molar-refractivity contribution in [2.45, 2.75) is 44.6 Å². The molecule has 1 saturated carbocycles. The molecule has 1 N–H and O–H groups in total. The predicted octanol–water partition coefficient (Wildman–Crippen LogP) is 3.19. The summed E-state index contributed by atoms with van der Waals surface area (Å²) >= 11 is 0. The number of rotatable bonds is 2. The van der Waals surface area contributed by atoms with Crippen molar-refractivity contribution in [1.82, 2.24) is 4.90 Å². The maximum atomic E-state index is 12.6. The molecule has 2 aliphatic rings. The first-order valence-electron chi connectivity index (χ1n) is 7.36. The van der Waals surface area contributed by atoms with Crippen molar-refractivity contribution in [1.29, 1.82) is 0 Å². The third kappa shape index (κ3) is 2.34. The minimum atomic E-state index is 0.00694. The SMILES string of the molecule is O=C(c1ccccc1O)N1CCCC1C1CCCC1. The van der Waals surface area contributed by atoms with E-state index in [2.05, 4.69) is 0 Å². The topological polar surface area (TPSA) is 40.5 Å². The summed E-state index contributed by atoms with van der Waals surface area (Å²) in [6.07, 6.45) is 7.36. The van der Waals surface area contributed by atoms with Gasteiger partial charge in [0.25, 0.3) is 5.91 Å². The molecule has 0 spiro atoms. The van der Waals surface area contributed by atoms with Crippen molar-refractivity contribution in [2.24, 2.45) is 5.92 Å². The minimum Gasteiger partial charge on any atom is -0.507 e. The van der Waals surface area contributed by atoms with Gasteiger partial charge >= 0.3 is 0 Å². The molecule has 0 bridgehead atoms. The summed E-state index contributed by atoms with van der Waals surface area (Å²) < 4.78 is 0. The summed E-state index contributed by atoms with van der Waals surface area (Å²) in [5, 5.41) is 9.85. The van der Waals surface area contributed by atoms with Crippen LogP contribution in [0, 0.1) is 5.92 Å². The predicted molar refractivity (Wildman–Crippen MR) is 74.1 cm³/mol. The zero-order valence-electron chi connectivity index (χ0n) is 11.2. The molecule has 19 heavy (non-hydrogen) atoms. The molecule has 3 heteroatoms. The fourth-order valence-corrected chi connectivity index (χ4v) is 3.69. The van der Waals surface area contributed by atoms with Crippen LogP contribution in [-0.4, -0.2) is 28.5 Å². The van der Waals surface area contributed by atoms with Crippen molar-refractivity contribution >= 4 is 5.91 Å². The third-order valence-electron chi connectivity index (χ3n) is 4.64. The Hall–Kier alpha value is -1.51. The summed E-state index contributed by atoms with van der Waals surface area (Å²) in [7, 11) is 0. The van der Waals surface area contributed by atoms with Gasteiger partial charge in [0, 0.05) is 12.6 Å². The van der Waals surface area contributed by atoms with Crippen LogP contribution < -0.4 is 0 Å². The monoisotopic (exact) mass is 259 g/mol. The summed E-state index contributed by atoms with van der Waals surface area (Å²) in [6.45, 7) is 0.842. The number of amides is 1. The van der Waals surface area contributed by atoms with Gasteiger partial charge in [0.15, 0.2) is 0 Å². The zero-order chi connectivity index (χ0) is 13.2. The summed E-state index contributed by atoms with van der Waals surface area (Å²) in [6, 6.07) is 7.28. The molecule has 3 nitrogen and oxygen atoms in total. The lowest BCUT2D eigenvalue weighted by Gasteiger charge is -2.29. The Morgan fingerprint density at radius 2 is 1.84 bits per heavy atom. The Kier molecular flexibility index (Phi) is 3.45. The number of carbonyl (C=O) groups excluding carboxylic acids is 1. The minimum absolute atomic E-state index is 0.00694. The number of benzene rings is 1. The summed E-state index contributed by atoms with van der Waals surface area (Å²) in [4.78, 5) is 14.6. The molecule has 0 aromatic heterocycles. The van der Waals surface area contributed by atoms with E-state index in [4.69, 9.17) is 0 Å². The maximum Gasteiger partial charge on any atom is 0.257 e. The van der Waals surface area contributed by atoms with Crippen LogP contribution in [0.15, 0.2) is 24.3 Å². The van der Waals surface area contributed by atoms with E-state index in [1.54, 1.807) is 18.2 Å². The molecule has 3 rings (SSSR count). The number of aromatic hydroxyl groups is 1. The van der Waals surface area contributed by atoms with Gasteiger partial charge in [0.2, 0.25) is 0 Å². The van der Waals surface area contributed by atoms with Gasteiger partial charge < -0.3 is 10.0 Å². The highest BCUT2D eigenvalue weighted by molar-refractivity contribution is 5.97. The fourth-order valence-electron chi connectivity index (χ4n) is 3.69. The molecule has 1 aliphatic heterocycles. The van der Waals surface area contributed by atoms with E-state index >= 15 is 0 Å². The molecule has 102 valence electrons. The van der Waals surface area contributed by atoms with E-state index in [1.165, 1.54) is 25.7 Å². The highest BCUT2D eigenvalue weighted by Gasteiger charge is 2.36. The van der Waals surface area contributed by atoms with Gasteiger partial charge in [0.1, 0.15) is 5.75 Å². The number of phenolic OH excluding ortho intramolecular Hbond substituents is 1. The van der Waals surface area contributed by atoms with Gasteiger partial charge in [-0.05, 0) is 43.7 Å². The normalized spacial score (nSPS) is 24.0. The first kappa shape index (κ1) is 12.5. The van der Waals surface area contributed by atoms with Crippen LogP contribution in [0.1, 0.15) is 48.9 Å². The average molecular weight is 259 g/mol. The largest absolute Gasteiger partial charge is 0.507 e. The smallest absolute Gasteiger partial charge is 0.257 e. The Bertz CT molecular complexity index is 466. The van der Waals surface area contributed by atoms with Crippen molar-refractivity contribution in [3.05, 3.63) is 29.8 Å². The van der Waals surface area contributed by atoms with Crippen molar-refractivity contribution in [2.75, 3.05) is 6.54 Å². The first-order valence-corrected chi connectivity index (χ1v) is 7.36. The van der Waals surface area contributed by atoms with Crippen LogP contribution in [0.25, 0.3) is 0 Å². The molecule has 1 heterocycles. The number of likely N-dealkylation sites (tertiary alicyclic amines) is 1. The van der Waals surface area contributed by atoms with Gasteiger partial charge in [-0.25, -0.2) is 0 Å². The molecule has 1 unspecified atom stereocenters. The lowest BCUT2D eigenvalue weighted by molar-refractivity contribution is 0.0686. The Balaban J connectivity index is 1.80. The van der Waals surface area contributed by atoms with Crippen LogP contribution in [0.5, 0.6) is 5.75 Å². The quantitative estimate of drug-likeness (QED) is 0.886. The number of para-hydroxylation sites is 1. The van der Waals surface area contributed by atoms with Gasteiger partial charge in [-0.1, -0.05) is 25.0 Å². The molecule has 1 saturated heterocycles. The van der Waals surface area contributed by atoms with Crippen LogP contribution in [0.4, 0.5) is 0 Å². The Morgan fingerprint density at radius 1 is 1.11 bits per heavy atom. The lowest BCUT2D eigenvalue weighted by Crippen LogP contribution is -2.39. The third-order valence-corrected chi connectivity index (χ3v) is 4.64. The van der Waals surface area contributed by atoms with Gasteiger partial charge in [-0.2, -0.15) is 0 Å². The molecule has 1 aromatic rings. The summed E-state index contributed by atoms with van der Waals surface area (Å²) in [5.74, 6) is 0.786. The van der Waals surface area contributed by atoms with Crippen LogP contribution in [-0.2, 0) is 0 Å². The number of phenols is 1. The van der Waals surface area contributed by atoms with E-state index in [0.29, 0.717) is 17.5 Å². The van der Waals surface area contributed by atoms with E-state index in [9.17, 15) is 9.90 Å². The second-order valence-electron chi connectivity index (χ2n) is 5.77. The van der Waals surface area contributed by atoms with Crippen LogP contribution in [0.3, 0.4) is 0 Å². The van der Waals surface area contributed by atoms with Crippen molar-refractivity contribution in [3.63, 3.8) is 0 Å². The lowest BCUT2D eigenvalue weighted by atomic mass is 9.95. The molecule has 0 radical (unpaired) electrons. The number of nitrogens with zero attached hydrogens (tertiary/aromatic N) is 1. The summed E-state index contributed by atoms with van der Waals surface area (Å²) in [5.41, 5.74) is 0.451. The fraction of sp³-hybridized carbons (Fsp3) is 0.562. The molecular weight excluding hydrogens is 238 g/mol. The van der Waals surface area contributed by atoms with Crippen LogP contribution >= 0.6 is 0 Å². The van der Waals surface area contributed by atoms with Crippen molar-refractivity contribution in [3.8, 4) is 5.75 Å². The Morgan fingerprint density at radius 3 is 2.58 bits per heavy atom. The van der Waals surface area contributed by atoms with Crippen molar-refractivity contribution < 1.29 is 9.90 Å². The zero-order valence-corrected chi connectivity index (χ0v) is 11.2. The molecule has 1 aromatic carbocycles. The molecule has 1 amide bonds. The molecule has 1 aliphatic carbocycles. The van der Waals surface area contributed by atoms with Gasteiger partial charge in [-0.15, -0.1) is 0 Å². The number of carbonyl (C=O) groups is 1. The highest BCUT2D eigenvalue weighted by atomic mass is 16.3. The van der Waals surface area contributed by atoms with E-state index in [0.717, 1.165) is 19.4 Å². The maximum absolute atomic E-state index is 12.6.